The summed E-state index contributed by atoms with van der Waals surface area (Å²) in [5.74, 6) is 0.130. The van der Waals surface area contributed by atoms with Crippen LogP contribution in [0.3, 0.4) is 0 Å². The average molecular weight is 262 g/mol. The van der Waals surface area contributed by atoms with Crippen LogP contribution in [0.4, 0.5) is 5.69 Å². The lowest BCUT2D eigenvalue weighted by atomic mass is 10.1. The van der Waals surface area contributed by atoms with Gasteiger partial charge in [-0.15, -0.1) is 0 Å². The topological polar surface area (TPSA) is 49.4 Å². The first-order valence-electron chi connectivity index (χ1n) is 6.67. The Kier molecular flexibility index (Phi) is 6.64. The van der Waals surface area contributed by atoms with Crippen molar-refractivity contribution in [1.29, 1.82) is 0 Å². The van der Waals surface area contributed by atoms with Gasteiger partial charge in [0.05, 0.1) is 0 Å². The normalized spacial score (nSPS) is 10.0. The Morgan fingerprint density at radius 3 is 2.42 bits per heavy atom. The molecule has 1 aromatic carbocycles. The molecule has 1 aromatic rings. The predicted molar refractivity (Wildman–Crippen MR) is 77.0 cm³/mol. The van der Waals surface area contributed by atoms with E-state index in [-0.39, 0.29) is 11.8 Å². The van der Waals surface area contributed by atoms with E-state index >= 15 is 0 Å². The largest absolute Gasteiger partial charge is 0.356 e. The molecule has 0 atom stereocenters. The van der Waals surface area contributed by atoms with Crippen molar-refractivity contribution in [2.45, 2.75) is 32.6 Å². The number of anilines is 1. The lowest BCUT2D eigenvalue weighted by Gasteiger charge is -2.17. The van der Waals surface area contributed by atoms with Crippen molar-refractivity contribution in [3.05, 3.63) is 30.3 Å². The van der Waals surface area contributed by atoms with Gasteiger partial charge in [0.2, 0.25) is 11.8 Å². The lowest BCUT2D eigenvalue weighted by molar-refractivity contribution is -0.119. The minimum absolute atomic E-state index is 0.000104. The number of carbonyl (C=O) groups excluding carboxylic acids is 2. The number of hydrogen-bond donors (Lipinski definition) is 1. The maximum absolute atomic E-state index is 11.9. The van der Waals surface area contributed by atoms with Gasteiger partial charge >= 0.3 is 0 Å². The summed E-state index contributed by atoms with van der Waals surface area (Å²) in [7, 11) is 1.80. The van der Waals surface area contributed by atoms with Gasteiger partial charge in [0, 0.05) is 32.6 Å². The Morgan fingerprint density at radius 1 is 1.11 bits per heavy atom. The zero-order chi connectivity index (χ0) is 14.1. The number of unbranched alkanes of at least 4 members (excludes halogenated alkanes) is 2. The highest BCUT2D eigenvalue weighted by atomic mass is 16.2. The molecule has 2 amide bonds. The summed E-state index contributed by atoms with van der Waals surface area (Å²) in [5.41, 5.74) is 0.922. The van der Waals surface area contributed by atoms with E-state index in [0.29, 0.717) is 13.0 Å². The summed E-state index contributed by atoms with van der Waals surface area (Å²) < 4.78 is 0. The van der Waals surface area contributed by atoms with E-state index in [4.69, 9.17) is 0 Å². The highest BCUT2D eigenvalue weighted by Gasteiger charge is 2.09. The molecule has 0 radical (unpaired) electrons. The van der Waals surface area contributed by atoms with Gasteiger partial charge in [0.1, 0.15) is 0 Å². The van der Waals surface area contributed by atoms with Crippen molar-refractivity contribution in [1.82, 2.24) is 5.32 Å². The summed E-state index contributed by atoms with van der Waals surface area (Å²) in [5, 5.41) is 2.75. The number of benzene rings is 1. The standard InChI is InChI=1S/C15H22N2O2/c1-13(18)16-12-8-4-7-11-15(19)17(2)14-9-5-3-6-10-14/h3,5-6,9-10H,4,7-8,11-12H2,1-2H3,(H,16,18). The fourth-order valence-electron chi connectivity index (χ4n) is 1.81. The fourth-order valence-corrected chi connectivity index (χ4v) is 1.81. The van der Waals surface area contributed by atoms with Crippen LogP contribution in [-0.4, -0.2) is 25.4 Å². The minimum atomic E-state index is -0.000104. The molecular formula is C15H22N2O2. The van der Waals surface area contributed by atoms with Crippen LogP contribution in [0.15, 0.2) is 30.3 Å². The molecule has 4 nitrogen and oxygen atoms in total. The number of para-hydroxylation sites is 1. The van der Waals surface area contributed by atoms with Gasteiger partial charge in [-0.2, -0.15) is 0 Å². The molecule has 0 heterocycles. The number of carbonyl (C=O) groups is 2. The zero-order valence-corrected chi connectivity index (χ0v) is 11.7. The van der Waals surface area contributed by atoms with E-state index in [9.17, 15) is 9.59 Å². The van der Waals surface area contributed by atoms with Crippen LogP contribution >= 0.6 is 0 Å². The molecule has 4 heteroatoms. The third-order valence-corrected chi connectivity index (χ3v) is 2.96. The second-order valence-electron chi connectivity index (χ2n) is 4.58. The van der Waals surface area contributed by atoms with Gasteiger partial charge in [-0.3, -0.25) is 9.59 Å². The van der Waals surface area contributed by atoms with Crippen molar-refractivity contribution in [2.75, 3.05) is 18.5 Å². The van der Waals surface area contributed by atoms with Gasteiger partial charge in [0.15, 0.2) is 0 Å². The van der Waals surface area contributed by atoms with Gasteiger partial charge in [-0.05, 0) is 25.0 Å². The molecular weight excluding hydrogens is 240 g/mol. The Balaban J connectivity index is 2.19. The summed E-state index contributed by atoms with van der Waals surface area (Å²) in [4.78, 5) is 24.3. The number of rotatable bonds is 7. The Bertz CT molecular complexity index is 404. The van der Waals surface area contributed by atoms with E-state index in [1.807, 2.05) is 30.3 Å². The summed E-state index contributed by atoms with van der Waals surface area (Å²) in [6.45, 7) is 2.20. The highest BCUT2D eigenvalue weighted by Crippen LogP contribution is 2.13. The Morgan fingerprint density at radius 2 is 1.79 bits per heavy atom. The van der Waals surface area contributed by atoms with Gasteiger partial charge in [0.25, 0.3) is 0 Å². The quantitative estimate of drug-likeness (QED) is 0.767. The van der Waals surface area contributed by atoms with Crippen molar-refractivity contribution in [3.8, 4) is 0 Å². The van der Waals surface area contributed by atoms with Crippen LogP contribution in [0.5, 0.6) is 0 Å². The van der Waals surface area contributed by atoms with E-state index in [0.717, 1.165) is 24.9 Å². The summed E-state index contributed by atoms with van der Waals surface area (Å²) >= 11 is 0. The first-order chi connectivity index (χ1) is 9.11. The van der Waals surface area contributed by atoms with Crippen LogP contribution in [0.2, 0.25) is 0 Å². The number of nitrogens with zero attached hydrogens (tertiary/aromatic N) is 1. The molecule has 19 heavy (non-hydrogen) atoms. The van der Waals surface area contributed by atoms with Crippen LogP contribution in [-0.2, 0) is 9.59 Å². The lowest BCUT2D eigenvalue weighted by Crippen LogP contribution is -2.25. The minimum Gasteiger partial charge on any atom is -0.356 e. The molecule has 0 saturated carbocycles. The zero-order valence-electron chi connectivity index (χ0n) is 11.7. The van der Waals surface area contributed by atoms with Gasteiger partial charge < -0.3 is 10.2 Å². The third kappa shape index (κ3) is 6.04. The second-order valence-corrected chi connectivity index (χ2v) is 4.58. The molecule has 0 spiro atoms. The maximum atomic E-state index is 11.9. The molecule has 1 N–H and O–H groups in total. The molecule has 0 bridgehead atoms. The number of hydrogen-bond acceptors (Lipinski definition) is 2. The average Bonchev–Trinajstić information content (AvgIpc) is 2.42. The number of nitrogens with one attached hydrogen (secondary N) is 1. The SMILES string of the molecule is CC(=O)NCCCCCC(=O)N(C)c1ccccc1. The molecule has 0 unspecified atom stereocenters. The molecule has 1 rings (SSSR count). The molecule has 0 fully saturated rings. The second kappa shape index (κ2) is 8.29. The third-order valence-electron chi connectivity index (χ3n) is 2.96. The van der Waals surface area contributed by atoms with Crippen LogP contribution in [0.25, 0.3) is 0 Å². The van der Waals surface area contributed by atoms with Crippen LogP contribution in [0, 0.1) is 0 Å². The van der Waals surface area contributed by atoms with Gasteiger partial charge in [-0.25, -0.2) is 0 Å². The molecule has 0 saturated heterocycles. The van der Waals surface area contributed by atoms with Gasteiger partial charge in [-0.1, -0.05) is 24.6 Å². The molecule has 0 aromatic heterocycles. The summed E-state index contributed by atoms with van der Waals surface area (Å²) in [6, 6.07) is 9.63. The highest BCUT2D eigenvalue weighted by molar-refractivity contribution is 5.92. The first kappa shape index (κ1) is 15.2. The van der Waals surface area contributed by atoms with Crippen molar-refractivity contribution >= 4 is 17.5 Å². The van der Waals surface area contributed by atoms with Crippen molar-refractivity contribution < 1.29 is 9.59 Å². The molecule has 104 valence electrons. The fraction of sp³-hybridized carbons (Fsp3) is 0.467. The predicted octanol–water partition coefficient (Wildman–Crippen LogP) is 2.35. The van der Waals surface area contributed by atoms with E-state index in [1.54, 1.807) is 11.9 Å². The van der Waals surface area contributed by atoms with E-state index in [1.165, 1.54) is 6.92 Å². The first-order valence-corrected chi connectivity index (χ1v) is 6.67. The molecule has 0 aliphatic carbocycles. The van der Waals surface area contributed by atoms with Crippen LogP contribution in [0.1, 0.15) is 32.6 Å². The molecule has 0 aliphatic heterocycles. The van der Waals surface area contributed by atoms with Crippen molar-refractivity contribution in [3.63, 3.8) is 0 Å². The van der Waals surface area contributed by atoms with Crippen LogP contribution < -0.4 is 10.2 Å². The maximum Gasteiger partial charge on any atom is 0.226 e. The monoisotopic (exact) mass is 262 g/mol. The smallest absolute Gasteiger partial charge is 0.226 e. The summed E-state index contributed by atoms with van der Waals surface area (Å²) in [6.07, 6.45) is 3.28. The van der Waals surface area contributed by atoms with Crippen molar-refractivity contribution in [2.24, 2.45) is 0 Å². The Labute approximate surface area is 114 Å². The number of amides is 2. The Hall–Kier alpha value is -1.84. The van der Waals surface area contributed by atoms with E-state index < -0.39 is 0 Å². The van der Waals surface area contributed by atoms with E-state index in [2.05, 4.69) is 5.32 Å². The molecule has 0 aliphatic rings.